The number of aromatic nitrogens is 1. The van der Waals surface area contributed by atoms with E-state index in [1.807, 2.05) is 6.07 Å². The van der Waals surface area contributed by atoms with Gasteiger partial charge in [0.25, 0.3) is 0 Å². The Labute approximate surface area is 80.3 Å². The molecule has 0 amide bonds. The van der Waals surface area contributed by atoms with E-state index in [0.29, 0.717) is 0 Å². The molecule has 1 heterocycles. The number of hydrogen-bond donors (Lipinski definition) is 0. The molecule has 2 nitrogen and oxygen atoms in total. The first-order chi connectivity index (χ1) is 6.33. The first kappa shape index (κ1) is 10.3. The van der Waals surface area contributed by atoms with Crippen LogP contribution in [0.1, 0.15) is 45.2 Å². The predicted octanol–water partition coefficient (Wildman–Crippen LogP) is 3.43. The van der Waals surface area contributed by atoms with Crippen LogP contribution in [0.2, 0.25) is 0 Å². The van der Waals surface area contributed by atoms with Crippen molar-refractivity contribution in [1.29, 1.82) is 0 Å². The normalized spacial score (nSPS) is 13.1. The van der Waals surface area contributed by atoms with Crippen molar-refractivity contribution in [3.05, 3.63) is 18.0 Å². The molecule has 0 aromatic carbocycles. The van der Waals surface area contributed by atoms with Crippen LogP contribution in [-0.4, -0.2) is 5.16 Å². The summed E-state index contributed by atoms with van der Waals surface area (Å²) in [6.45, 7) is 4.57. The molecule has 74 valence electrons. The second kappa shape index (κ2) is 5.79. The zero-order chi connectivity index (χ0) is 9.52. The van der Waals surface area contributed by atoms with Crippen molar-refractivity contribution in [2.45, 2.75) is 46.0 Å². The van der Waals surface area contributed by atoms with E-state index in [1.54, 1.807) is 6.26 Å². The highest BCUT2D eigenvalue weighted by molar-refractivity contribution is 4.94. The fraction of sp³-hybridized carbons (Fsp3) is 0.727. The summed E-state index contributed by atoms with van der Waals surface area (Å²) in [5, 5.41) is 3.88. The monoisotopic (exact) mass is 181 g/mol. The van der Waals surface area contributed by atoms with E-state index in [1.165, 1.54) is 25.7 Å². The maximum absolute atomic E-state index is 4.77. The molecule has 0 aliphatic carbocycles. The van der Waals surface area contributed by atoms with Gasteiger partial charge in [0.05, 0.1) is 5.69 Å². The maximum Gasteiger partial charge on any atom is 0.124 e. The molecule has 1 aromatic heterocycles. The standard InChI is InChI=1S/C11H19NO/c1-3-5-10(2)6-4-7-11-8-9-13-12-11/h8-10H,3-7H2,1-2H3. The quantitative estimate of drug-likeness (QED) is 0.672. The summed E-state index contributed by atoms with van der Waals surface area (Å²) >= 11 is 0. The summed E-state index contributed by atoms with van der Waals surface area (Å²) in [5.74, 6) is 0.858. The summed E-state index contributed by atoms with van der Waals surface area (Å²) in [5.41, 5.74) is 1.09. The van der Waals surface area contributed by atoms with Gasteiger partial charge < -0.3 is 4.52 Å². The summed E-state index contributed by atoms with van der Waals surface area (Å²) < 4.78 is 4.77. The zero-order valence-electron chi connectivity index (χ0n) is 8.62. The molecule has 0 radical (unpaired) electrons. The Morgan fingerprint density at radius 3 is 2.92 bits per heavy atom. The van der Waals surface area contributed by atoms with Gasteiger partial charge in [-0.25, -0.2) is 0 Å². The number of rotatable bonds is 6. The summed E-state index contributed by atoms with van der Waals surface area (Å²) in [4.78, 5) is 0. The van der Waals surface area contributed by atoms with E-state index in [9.17, 15) is 0 Å². The van der Waals surface area contributed by atoms with Gasteiger partial charge in [-0.05, 0) is 18.8 Å². The smallest absolute Gasteiger partial charge is 0.124 e. The van der Waals surface area contributed by atoms with Crippen molar-refractivity contribution in [2.75, 3.05) is 0 Å². The second-order valence-electron chi connectivity index (χ2n) is 3.78. The Kier molecular flexibility index (Phi) is 4.58. The first-order valence-corrected chi connectivity index (χ1v) is 5.22. The number of aryl methyl sites for hydroxylation is 1. The van der Waals surface area contributed by atoms with Crippen LogP contribution in [0, 0.1) is 5.92 Å². The molecule has 0 aliphatic rings. The molecule has 1 aromatic rings. The topological polar surface area (TPSA) is 26.0 Å². The van der Waals surface area contributed by atoms with Gasteiger partial charge in [-0.1, -0.05) is 38.3 Å². The molecule has 1 rings (SSSR count). The van der Waals surface area contributed by atoms with Gasteiger partial charge in [-0.15, -0.1) is 0 Å². The van der Waals surface area contributed by atoms with Crippen LogP contribution < -0.4 is 0 Å². The third-order valence-electron chi connectivity index (χ3n) is 2.40. The van der Waals surface area contributed by atoms with Crippen molar-refractivity contribution in [2.24, 2.45) is 5.92 Å². The van der Waals surface area contributed by atoms with E-state index >= 15 is 0 Å². The Balaban J connectivity index is 2.07. The Hall–Kier alpha value is -0.790. The largest absolute Gasteiger partial charge is 0.365 e. The number of hydrogen-bond acceptors (Lipinski definition) is 2. The van der Waals surface area contributed by atoms with E-state index in [4.69, 9.17) is 4.52 Å². The van der Waals surface area contributed by atoms with Crippen LogP contribution in [0.4, 0.5) is 0 Å². The van der Waals surface area contributed by atoms with Crippen molar-refractivity contribution in [3.8, 4) is 0 Å². The highest BCUT2D eigenvalue weighted by atomic mass is 16.5. The molecule has 13 heavy (non-hydrogen) atoms. The summed E-state index contributed by atoms with van der Waals surface area (Å²) in [7, 11) is 0. The van der Waals surface area contributed by atoms with Crippen LogP contribution in [0.15, 0.2) is 16.9 Å². The Bertz CT molecular complexity index is 206. The highest BCUT2D eigenvalue weighted by Gasteiger charge is 2.01. The zero-order valence-corrected chi connectivity index (χ0v) is 8.62. The van der Waals surface area contributed by atoms with Gasteiger partial charge in [0, 0.05) is 6.07 Å². The second-order valence-corrected chi connectivity index (χ2v) is 3.78. The minimum absolute atomic E-state index is 0.858. The van der Waals surface area contributed by atoms with Crippen LogP contribution in [0.25, 0.3) is 0 Å². The van der Waals surface area contributed by atoms with Gasteiger partial charge in [0.2, 0.25) is 0 Å². The molecular formula is C11H19NO. The van der Waals surface area contributed by atoms with Gasteiger partial charge in [0.1, 0.15) is 6.26 Å². The van der Waals surface area contributed by atoms with Gasteiger partial charge in [-0.3, -0.25) is 0 Å². The molecular weight excluding hydrogens is 162 g/mol. The van der Waals surface area contributed by atoms with Crippen LogP contribution >= 0.6 is 0 Å². The van der Waals surface area contributed by atoms with E-state index in [0.717, 1.165) is 18.0 Å². The molecule has 1 atom stereocenters. The third kappa shape index (κ3) is 4.11. The molecule has 0 saturated carbocycles. The molecule has 0 N–H and O–H groups in total. The summed E-state index contributed by atoms with van der Waals surface area (Å²) in [6.07, 6.45) is 7.88. The predicted molar refractivity (Wildman–Crippen MR) is 53.5 cm³/mol. The van der Waals surface area contributed by atoms with Crippen molar-refractivity contribution >= 4 is 0 Å². The fourth-order valence-corrected chi connectivity index (χ4v) is 1.64. The van der Waals surface area contributed by atoms with E-state index in [-0.39, 0.29) is 0 Å². The molecule has 0 saturated heterocycles. The molecule has 0 spiro atoms. The minimum atomic E-state index is 0.858. The SMILES string of the molecule is CCCC(C)CCCc1ccon1. The van der Waals surface area contributed by atoms with Crippen LogP contribution in [0.3, 0.4) is 0 Å². The summed E-state index contributed by atoms with van der Waals surface area (Å²) in [6, 6.07) is 1.95. The van der Waals surface area contributed by atoms with E-state index in [2.05, 4.69) is 19.0 Å². The average molecular weight is 181 g/mol. The fourth-order valence-electron chi connectivity index (χ4n) is 1.64. The lowest BCUT2D eigenvalue weighted by atomic mass is 9.99. The van der Waals surface area contributed by atoms with Gasteiger partial charge in [-0.2, -0.15) is 0 Å². The van der Waals surface area contributed by atoms with Crippen LogP contribution in [-0.2, 0) is 6.42 Å². The van der Waals surface area contributed by atoms with E-state index < -0.39 is 0 Å². The Morgan fingerprint density at radius 2 is 2.31 bits per heavy atom. The molecule has 2 heteroatoms. The number of nitrogens with zero attached hydrogens (tertiary/aromatic N) is 1. The Morgan fingerprint density at radius 1 is 1.46 bits per heavy atom. The lowest BCUT2D eigenvalue weighted by Crippen LogP contribution is -1.95. The molecule has 0 aliphatic heterocycles. The van der Waals surface area contributed by atoms with Gasteiger partial charge in [0.15, 0.2) is 0 Å². The maximum atomic E-state index is 4.77. The third-order valence-corrected chi connectivity index (χ3v) is 2.40. The lowest BCUT2D eigenvalue weighted by Gasteiger charge is -2.07. The molecule has 0 bridgehead atoms. The molecule has 1 unspecified atom stereocenters. The lowest BCUT2D eigenvalue weighted by molar-refractivity contribution is 0.406. The van der Waals surface area contributed by atoms with Crippen LogP contribution in [0.5, 0.6) is 0 Å². The average Bonchev–Trinajstić information content (AvgIpc) is 2.57. The molecule has 0 fully saturated rings. The van der Waals surface area contributed by atoms with Crippen molar-refractivity contribution in [3.63, 3.8) is 0 Å². The first-order valence-electron chi connectivity index (χ1n) is 5.22. The van der Waals surface area contributed by atoms with Crippen molar-refractivity contribution in [1.82, 2.24) is 5.16 Å². The highest BCUT2D eigenvalue weighted by Crippen LogP contribution is 2.13. The minimum Gasteiger partial charge on any atom is -0.365 e. The van der Waals surface area contributed by atoms with Gasteiger partial charge >= 0.3 is 0 Å². The van der Waals surface area contributed by atoms with Crippen molar-refractivity contribution < 1.29 is 4.52 Å².